The van der Waals surface area contributed by atoms with Crippen LogP contribution in [0.1, 0.15) is 25.7 Å². The minimum atomic E-state index is 0.208. The second-order valence-electron chi connectivity index (χ2n) is 4.47. The van der Waals surface area contributed by atoms with Crippen molar-refractivity contribution in [3.05, 3.63) is 0 Å². The average Bonchev–Trinajstić information content (AvgIpc) is 2.91. The number of nitrogens with one attached hydrogen (secondary N) is 1. The fraction of sp³-hybridized carbons (Fsp3) is 1.00. The number of aliphatic hydroxyl groups is 1. The molecule has 15 heavy (non-hydrogen) atoms. The van der Waals surface area contributed by atoms with E-state index in [1.165, 1.54) is 12.8 Å². The molecule has 0 bridgehead atoms. The Kier molecular flexibility index (Phi) is 4.38. The van der Waals surface area contributed by atoms with Crippen LogP contribution in [0.5, 0.6) is 0 Å². The molecule has 1 saturated heterocycles. The van der Waals surface area contributed by atoms with Crippen molar-refractivity contribution < 1.29 is 14.6 Å². The van der Waals surface area contributed by atoms with E-state index in [4.69, 9.17) is 14.6 Å². The van der Waals surface area contributed by atoms with Gasteiger partial charge in [0, 0.05) is 25.3 Å². The van der Waals surface area contributed by atoms with Crippen molar-refractivity contribution >= 4 is 0 Å². The molecule has 4 nitrogen and oxygen atoms in total. The lowest BCUT2D eigenvalue weighted by molar-refractivity contribution is 0.0346. The zero-order chi connectivity index (χ0) is 10.5. The van der Waals surface area contributed by atoms with Gasteiger partial charge in [-0.3, -0.25) is 0 Å². The Hall–Kier alpha value is -0.160. The van der Waals surface area contributed by atoms with Gasteiger partial charge < -0.3 is 19.9 Å². The highest BCUT2D eigenvalue weighted by atomic mass is 16.5. The van der Waals surface area contributed by atoms with Gasteiger partial charge in [0.25, 0.3) is 0 Å². The molecule has 2 aliphatic rings. The van der Waals surface area contributed by atoms with Gasteiger partial charge in [-0.2, -0.15) is 0 Å². The molecular weight excluding hydrogens is 194 g/mol. The summed E-state index contributed by atoms with van der Waals surface area (Å²) in [7, 11) is 0. The Morgan fingerprint density at radius 1 is 1.40 bits per heavy atom. The van der Waals surface area contributed by atoms with Gasteiger partial charge in [-0.25, -0.2) is 0 Å². The van der Waals surface area contributed by atoms with E-state index in [1.54, 1.807) is 0 Å². The van der Waals surface area contributed by atoms with Crippen LogP contribution in [0, 0.1) is 0 Å². The van der Waals surface area contributed by atoms with Crippen molar-refractivity contribution in [2.24, 2.45) is 0 Å². The van der Waals surface area contributed by atoms with Gasteiger partial charge in [0.15, 0.2) is 0 Å². The highest BCUT2D eigenvalue weighted by Gasteiger charge is 2.24. The minimum Gasteiger partial charge on any atom is -0.395 e. The molecule has 1 aliphatic heterocycles. The molecule has 0 spiro atoms. The third-order valence-electron chi connectivity index (χ3n) is 2.98. The Balaban J connectivity index is 1.53. The van der Waals surface area contributed by atoms with Crippen LogP contribution in [-0.4, -0.2) is 49.7 Å². The smallest absolute Gasteiger partial charge is 0.0830 e. The number of hydrogen-bond donors (Lipinski definition) is 2. The van der Waals surface area contributed by atoms with Crippen LogP contribution in [0.3, 0.4) is 0 Å². The maximum Gasteiger partial charge on any atom is 0.0830 e. The monoisotopic (exact) mass is 215 g/mol. The van der Waals surface area contributed by atoms with Gasteiger partial charge in [0.2, 0.25) is 0 Å². The van der Waals surface area contributed by atoms with Gasteiger partial charge in [0.1, 0.15) is 0 Å². The molecule has 0 aromatic rings. The quantitative estimate of drug-likeness (QED) is 0.641. The van der Waals surface area contributed by atoms with Gasteiger partial charge in [-0.1, -0.05) is 0 Å². The molecule has 0 aromatic carbocycles. The van der Waals surface area contributed by atoms with E-state index < -0.39 is 0 Å². The maximum atomic E-state index is 9.15. The van der Waals surface area contributed by atoms with Crippen LogP contribution in [-0.2, 0) is 9.47 Å². The van der Waals surface area contributed by atoms with Crippen molar-refractivity contribution in [2.45, 2.75) is 43.9 Å². The van der Waals surface area contributed by atoms with E-state index >= 15 is 0 Å². The Labute approximate surface area is 90.9 Å². The molecular formula is C11H21NO3. The molecule has 0 aromatic heterocycles. The number of ether oxygens (including phenoxy) is 2. The minimum absolute atomic E-state index is 0.208. The molecule has 0 radical (unpaired) electrons. The highest BCUT2D eigenvalue weighted by Crippen LogP contribution is 2.20. The Morgan fingerprint density at radius 3 is 2.87 bits per heavy atom. The normalized spacial score (nSPS) is 28.2. The first kappa shape index (κ1) is 11.3. The second-order valence-corrected chi connectivity index (χ2v) is 4.47. The molecule has 1 saturated carbocycles. The zero-order valence-corrected chi connectivity index (χ0v) is 9.15. The molecule has 1 heterocycles. The zero-order valence-electron chi connectivity index (χ0n) is 9.15. The van der Waals surface area contributed by atoms with E-state index in [0.717, 1.165) is 32.7 Å². The van der Waals surface area contributed by atoms with E-state index in [-0.39, 0.29) is 18.8 Å². The summed E-state index contributed by atoms with van der Waals surface area (Å²) in [5.41, 5.74) is 0. The third-order valence-corrected chi connectivity index (χ3v) is 2.98. The van der Waals surface area contributed by atoms with Crippen molar-refractivity contribution in [1.82, 2.24) is 5.32 Å². The summed E-state index contributed by atoms with van der Waals surface area (Å²) in [5, 5.41) is 12.6. The Morgan fingerprint density at radius 2 is 2.27 bits per heavy atom. The van der Waals surface area contributed by atoms with Crippen LogP contribution in [0.15, 0.2) is 0 Å². The van der Waals surface area contributed by atoms with Crippen molar-refractivity contribution in [3.8, 4) is 0 Å². The van der Waals surface area contributed by atoms with Gasteiger partial charge >= 0.3 is 0 Å². The average molecular weight is 215 g/mol. The molecule has 2 atom stereocenters. The molecule has 1 aliphatic carbocycles. The molecule has 2 rings (SSSR count). The highest BCUT2D eigenvalue weighted by molar-refractivity contribution is 4.84. The Bertz CT molecular complexity index is 179. The second kappa shape index (κ2) is 5.80. The molecule has 2 fully saturated rings. The van der Waals surface area contributed by atoms with Crippen molar-refractivity contribution in [2.75, 3.05) is 26.4 Å². The van der Waals surface area contributed by atoms with Gasteiger partial charge in [-0.15, -0.1) is 0 Å². The topological polar surface area (TPSA) is 50.7 Å². The van der Waals surface area contributed by atoms with Gasteiger partial charge in [0.05, 0.1) is 19.3 Å². The summed E-state index contributed by atoms with van der Waals surface area (Å²) in [6.45, 7) is 2.49. The van der Waals surface area contributed by atoms with Crippen LogP contribution >= 0.6 is 0 Å². The summed E-state index contributed by atoms with van der Waals surface area (Å²) in [6, 6.07) is 0.858. The van der Waals surface area contributed by atoms with Crippen LogP contribution < -0.4 is 5.32 Å². The fourth-order valence-electron chi connectivity index (χ4n) is 1.83. The fourth-order valence-corrected chi connectivity index (χ4v) is 1.83. The number of rotatable bonds is 7. The molecule has 2 unspecified atom stereocenters. The number of hydrogen-bond acceptors (Lipinski definition) is 4. The lowest BCUT2D eigenvalue weighted by atomic mass is 10.2. The van der Waals surface area contributed by atoms with E-state index in [1.807, 2.05) is 0 Å². The van der Waals surface area contributed by atoms with Gasteiger partial charge in [-0.05, 0) is 25.7 Å². The van der Waals surface area contributed by atoms with E-state index in [2.05, 4.69) is 5.32 Å². The molecule has 88 valence electrons. The predicted octanol–water partition coefficient (Wildman–Crippen LogP) is 0.295. The van der Waals surface area contributed by atoms with Crippen molar-refractivity contribution in [1.29, 1.82) is 0 Å². The van der Waals surface area contributed by atoms with Crippen LogP contribution in [0.25, 0.3) is 0 Å². The van der Waals surface area contributed by atoms with E-state index in [9.17, 15) is 0 Å². The third kappa shape index (κ3) is 4.07. The number of aliphatic hydroxyl groups excluding tert-OH is 1. The summed E-state index contributed by atoms with van der Waals surface area (Å²) < 4.78 is 10.9. The van der Waals surface area contributed by atoms with Crippen LogP contribution in [0.4, 0.5) is 0 Å². The van der Waals surface area contributed by atoms with Crippen molar-refractivity contribution in [3.63, 3.8) is 0 Å². The molecule has 4 heteroatoms. The largest absolute Gasteiger partial charge is 0.395 e. The SMILES string of the molecule is OCC(CCOC1CCOC1)NC1CC1. The van der Waals surface area contributed by atoms with E-state index in [0.29, 0.717) is 6.04 Å². The predicted molar refractivity (Wildman–Crippen MR) is 56.8 cm³/mol. The molecule has 2 N–H and O–H groups in total. The summed E-state index contributed by atoms with van der Waals surface area (Å²) >= 11 is 0. The summed E-state index contributed by atoms with van der Waals surface area (Å²) in [4.78, 5) is 0. The van der Waals surface area contributed by atoms with Crippen LogP contribution in [0.2, 0.25) is 0 Å². The molecule has 0 amide bonds. The maximum absolute atomic E-state index is 9.15. The first-order valence-corrected chi connectivity index (χ1v) is 5.94. The summed E-state index contributed by atoms with van der Waals surface area (Å²) in [5.74, 6) is 0. The lowest BCUT2D eigenvalue weighted by Crippen LogP contribution is -2.35. The first-order valence-electron chi connectivity index (χ1n) is 5.94. The summed E-state index contributed by atoms with van der Waals surface area (Å²) in [6.07, 6.45) is 4.70. The lowest BCUT2D eigenvalue weighted by Gasteiger charge is -2.17. The standard InChI is InChI=1S/C11H21NO3/c13-7-10(12-9-1-2-9)3-6-15-11-4-5-14-8-11/h9-13H,1-8H2. The first-order chi connectivity index (χ1) is 7.38.